The van der Waals surface area contributed by atoms with Gasteiger partial charge in [-0.15, -0.1) is 0 Å². The summed E-state index contributed by atoms with van der Waals surface area (Å²) in [5.41, 5.74) is 0. The highest BCUT2D eigenvalue weighted by atomic mass is 32.2. The minimum atomic E-state index is -3.46. The van der Waals surface area contributed by atoms with Gasteiger partial charge < -0.3 is 9.47 Å². The average Bonchev–Trinajstić information content (AvgIpc) is 3.29. The Kier molecular flexibility index (Phi) is 4.15. The Morgan fingerprint density at radius 1 is 1.08 bits per heavy atom. The van der Waals surface area contributed by atoms with Gasteiger partial charge in [0.2, 0.25) is 10.0 Å². The van der Waals surface area contributed by atoms with Gasteiger partial charge in [-0.2, -0.15) is 16.1 Å². The number of fused-ring (bicyclic) bond motifs is 1. The lowest BCUT2D eigenvalue weighted by Crippen LogP contribution is -2.60. The molecule has 5 rings (SSSR count). The van der Waals surface area contributed by atoms with Crippen LogP contribution >= 0.6 is 11.8 Å². The lowest BCUT2D eigenvalue weighted by atomic mass is 9.94. The second-order valence-electron chi connectivity index (χ2n) is 7.67. The zero-order chi connectivity index (χ0) is 17.8. The molecule has 0 aliphatic carbocycles. The first-order valence-corrected chi connectivity index (χ1v) is 11.8. The summed E-state index contributed by atoms with van der Waals surface area (Å²) < 4.78 is 38.7. The maximum absolute atomic E-state index is 13.0. The van der Waals surface area contributed by atoms with Crippen molar-refractivity contribution in [1.82, 2.24) is 9.21 Å². The number of hydrogen-bond acceptors (Lipinski definition) is 6. The summed E-state index contributed by atoms with van der Waals surface area (Å²) in [7, 11) is -3.46. The van der Waals surface area contributed by atoms with E-state index >= 15 is 0 Å². The molecule has 1 unspecified atom stereocenters. The number of benzene rings is 1. The van der Waals surface area contributed by atoms with Crippen molar-refractivity contribution in [2.24, 2.45) is 0 Å². The Bertz CT molecular complexity index is 801. The number of nitrogens with zero attached hydrogens (tertiary/aromatic N) is 2. The van der Waals surface area contributed by atoms with E-state index in [1.54, 1.807) is 22.5 Å². The van der Waals surface area contributed by atoms with Crippen LogP contribution in [0, 0.1) is 0 Å². The summed E-state index contributed by atoms with van der Waals surface area (Å²) in [5, 5.41) is 0. The predicted octanol–water partition coefficient (Wildman–Crippen LogP) is 1.80. The maximum Gasteiger partial charge on any atom is 0.243 e. The summed E-state index contributed by atoms with van der Waals surface area (Å²) in [4.78, 5) is 2.90. The smallest absolute Gasteiger partial charge is 0.243 e. The first-order valence-electron chi connectivity index (χ1n) is 9.34. The predicted molar refractivity (Wildman–Crippen MR) is 101 cm³/mol. The first kappa shape index (κ1) is 17.2. The molecule has 0 aromatic heterocycles. The Morgan fingerprint density at radius 2 is 1.81 bits per heavy atom. The van der Waals surface area contributed by atoms with Gasteiger partial charge in [0.05, 0.1) is 4.90 Å². The van der Waals surface area contributed by atoms with Gasteiger partial charge in [-0.1, -0.05) is 0 Å². The van der Waals surface area contributed by atoms with E-state index in [1.165, 1.54) is 25.9 Å². The van der Waals surface area contributed by atoms with E-state index in [-0.39, 0.29) is 4.75 Å². The summed E-state index contributed by atoms with van der Waals surface area (Å²) in [6, 6.07) is 5.55. The second-order valence-corrected chi connectivity index (χ2v) is 11.1. The Balaban J connectivity index is 1.28. The van der Waals surface area contributed by atoms with Gasteiger partial charge in [0, 0.05) is 35.7 Å². The van der Waals surface area contributed by atoms with E-state index in [9.17, 15) is 8.42 Å². The van der Waals surface area contributed by atoms with Crippen molar-refractivity contribution in [3.05, 3.63) is 18.2 Å². The fraction of sp³-hybridized carbons (Fsp3) is 0.667. The van der Waals surface area contributed by atoms with Crippen LogP contribution in [0.3, 0.4) is 0 Å². The summed E-state index contributed by atoms with van der Waals surface area (Å²) >= 11 is 1.97. The first-order chi connectivity index (χ1) is 12.6. The molecule has 8 heteroatoms. The van der Waals surface area contributed by atoms with Crippen LogP contribution in [0.15, 0.2) is 23.1 Å². The van der Waals surface area contributed by atoms with Crippen LogP contribution in [0.2, 0.25) is 0 Å². The fourth-order valence-corrected chi connectivity index (χ4v) is 7.95. The average molecular weight is 397 g/mol. The lowest BCUT2D eigenvalue weighted by Gasteiger charge is -2.46. The topological polar surface area (TPSA) is 59.1 Å². The van der Waals surface area contributed by atoms with Crippen molar-refractivity contribution < 1.29 is 17.9 Å². The van der Waals surface area contributed by atoms with Gasteiger partial charge in [0.1, 0.15) is 13.2 Å². The largest absolute Gasteiger partial charge is 0.486 e. The van der Waals surface area contributed by atoms with E-state index in [4.69, 9.17) is 9.47 Å². The molecule has 0 amide bonds. The minimum Gasteiger partial charge on any atom is -0.486 e. The van der Waals surface area contributed by atoms with Crippen molar-refractivity contribution in [3.8, 4) is 11.5 Å². The molecule has 0 radical (unpaired) electrons. The highest BCUT2D eigenvalue weighted by Crippen LogP contribution is 2.48. The highest BCUT2D eigenvalue weighted by Gasteiger charge is 2.53. The molecular formula is C18H24N2O4S2. The third kappa shape index (κ3) is 2.82. The molecule has 0 saturated carbocycles. The van der Waals surface area contributed by atoms with Gasteiger partial charge in [-0.3, -0.25) is 4.90 Å². The van der Waals surface area contributed by atoms with E-state index in [0.29, 0.717) is 48.7 Å². The fourth-order valence-electron chi connectivity index (χ4n) is 4.48. The summed E-state index contributed by atoms with van der Waals surface area (Å²) in [5.74, 6) is 2.28. The molecule has 3 fully saturated rings. The molecule has 26 heavy (non-hydrogen) atoms. The van der Waals surface area contributed by atoms with Crippen LogP contribution < -0.4 is 9.47 Å². The molecule has 3 saturated heterocycles. The number of likely N-dealkylation sites (tertiary alicyclic amines) is 1. The number of thioether (sulfide) groups is 1. The van der Waals surface area contributed by atoms with Crippen molar-refractivity contribution in [3.63, 3.8) is 0 Å². The van der Waals surface area contributed by atoms with E-state index in [2.05, 4.69) is 4.90 Å². The Morgan fingerprint density at radius 3 is 2.58 bits per heavy atom. The van der Waals surface area contributed by atoms with Crippen molar-refractivity contribution in [2.45, 2.75) is 34.9 Å². The van der Waals surface area contributed by atoms with Gasteiger partial charge in [-0.05, 0) is 44.5 Å². The van der Waals surface area contributed by atoms with Crippen LogP contribution in [0.25, 0.3) is 0 Å². The molecule has 0 N–H and O–H groups in total. The number of hydrogen-bond donors (Lipinski definition) is 0. The lowest BCUT2D eigenvalue weighted by molar-refractivity contribution is 0.170. The van der Waals surface area contributed by atoms with Gasteiger partial charge in [0.25, 0.3) is 0 Å². The van der Waals surface area contributed by atoms with E-state index in [1.807, 2.05) is 11.8 Å². The van der Waals surface area contributed by atoms with E-state index < -0.39 is 10.0 Å². The molecule has 1 atom stereocenters. The Labute approximate surface area is 158 Å². The number of sulfonamides is 1. The molecule has 4 aliphatic heterocycles. The minimum absolute atomic E-state index is 0.119. The van der Waals surface area contributed by atoms with Crippen LogP contribution in [0.5, 0.6) is 11.5 Å². The number of ether oxygens (including phenoxy) is 2. The number of rotatable bonds is 3. The molecule has 6 nitrogen and oxygen atoms in total. The molecule has 1 aromatic rings. The van der Waals surface area contributed by atoms with Gasteiger partial charge in [-0.25, -0.2) is 8.42 Å². The zero-order valence-electron chi connectivity index (χ0n) is 14.7. The van der Waals surface area contributed by atoms with Crippen molar-refractivity contribution in [2.75, 3.05) is 45.1 Å². The van der Waals surface area contributed by atoms with Gasteiger partial charge in [0.15, 0.2) is 11.5 Å². The molecule has 1 aromatic carbocycles. The van der Waals surface area contributed by atoms with Crippen LogP contribution in [0.1, 0.15) is 19.3 Å². The highest BCUT2D eigenvalue weighted by molar-refractivity contribution is 8.01. The van der Waals surface area contributed by atoms with Gasteiger partial charge >= 0.3 is 0 Å². The molecule has 4 aliphatic rings. The third-order valence-electron chi connectivity index (χ3n) is 5.93. The van der Waals surface area contributed by atoms with Crippen LogP contribution in [-0.2, 0) is 10.0 Å². The standard InChI is InChI=1S/C18H24N2O4S2/c21-26(22,15-3-4-16-17(9-15)24-8-7-23-16)20-12-18(13-20)10-14(11-25-18)19-5-1-2-6-19/h3-4,9,14H,1-2,5-8,10-13H2. The second kappa shape index (κ2) is 6.29. The summed E-state index contributed by atoms with van der Waals surface area (Å²) in [6.45, 7) is 4.62. The zero-order valence-corrected chi connectivity index (χ0v) is 16.4. The van der Waals surface area contributed by atoms with Crippen LogP contribution in [0.4, 0.5) is 0 Å². The quantitative estimate of drug-likeness (QED) is 0.777. The molecule has 4 heterocycles. The molecule has 1 spiro atoms. The SMILES string of the molecule is O=S(=O)(c1ccc2c(c1)OCCO2)N1CC2(CC(N3CCCC3)CS2)C1. The van der Waals surface area contributed by atoms with E-state index in [0.717, 1.165) is 12.2 Å². The Hall–Kier alpha value is -0.960. The third-order valence-corrected chi connectivity index (χ3v) is 9.30. The molecular weight excluding hydrogens is 372 g/mol. The summed E-state index contributed by atoms with van der Waals surface area (Å²) in [6.07, 6.45) is 3.72. The van der Waals surface area contributed by atoms with Crippen LogP contribution in [-0.4, -0.2) is 73.6 Å². The monoisotopic (exact) mass is 396 g/mol. The molecule has 142 valence electrons. The maximum atomic E-state index is 13.0. The molecule has 0 bridgehead atoms. The normalized spacial score (nSPS) is 28.4. The van der Waals surface area contributed by atoms with Crippen molar-refractivity contribution >= 4 is 21.8 Å². The van der Waals surface area contributed by atoms with Crippen molar-refractivity contribution in [1.29, 1.82) is 0 Å².